The van der Waals surface area contributed by atoms with Gasteiger partial charge in [0.25, 0.3) is 0 Å². The summed E-state index contributed by atoms with van der Waals surface area (Å²) in [5.74, 6) is -0.791. The van der Waals surface area contributed by atoms with Crippen molar-refractivity contribution in [3.63, 3.8) is 0 Å². The molecule has 0 amide bonds. The maximum atomic E-state index is 13.7. The molecule has 1 nitrogen and oxygen atoms in total. The minimum atomic E-state index is -0.483. The predicted molar refractivity (Wildman–Crippen MR) is 68.7 cm³/mol. The average molecular weight is 268 g/mol. The van der Waals surface area contributed by atoms with Crippen molar-refractivity contribution in [2.24, 2.45) is 0 Å². The van der Waals surface area contributed by atoms with E-state index in [0.29, 0.717) is 11.1 Å². The van der Waals surface area contributed by atoms with Crippen molar-refractivity contribution in [1.82, 2.24) is 5.32 Å². The van der Waals surface area contributed by atoms with E-state index in [2.05, 4.69) is 5.32 Å². The fourth-order valence-corrected chi connectivity index (χ4v) is 2.09. The van der Waals surface area contributed by atoms with Gasteiger partial charge in [-0.25, -0.2) is 8.78 Å². The maximum Gasteiger partial charge on any atom is 0.141 e. The van der Waals surface area contributed by atoms with E-state index in [-0.39, 0.29) is 16.9 Å². The van der Waals surface area contributed by atoms with E-state index in [0.717, 1.165) is 0 Å². The zero-order valence-corrected chi connectivity index (χ0v) is 10.5. The Labute approximate surface area is 109 Å². The highest BCUT2D eigenvalue weighted by molar-refractivity contribution is 6.30. The summed E-state index contributed by atoms with van der Waals surface area (Å²) in [6.45, 7) is 0. The molecule has 0 aromatic heterocycles. The first-order valence-corrected chi connectivity index (χ1v) is 5.88. The van der Waals surface area contributed by atoms with Crippen LogP contribution in [0.4, 0.5) is 8.78 Å². The molecule has 0 saturated carbocycles. The van der Waals surface area contributed by atoms with Crippen molar-refractivity contribution in [1.29, 1.82) is 0 Å². The van der Waals surface area contributed by atoms with Crippen LogP contribution in [-0.2, 0) is 0 Å². The lowest BCUT2D eigenvalue weighted by Gasteiger charge is -2.18. The molecule has 18 heavy (non-hydrogen) atoms. The summed E-state index contributed by atoms with van der Waals surface area (Å²) in [4.78, 5) is 0. The fraction of sp³-hybridized carbons (Fsp3) is 0.143. The Bertz CT molecular complexity index is 557. The maximum absolute atomic E-state index is 13.7. The highest BCUT2D eigenvalue weighted by atomic mass is 35.5. The van der Waals surface area contributed by atoms with E-state index < -0.39 is 5.82 Å². The zero-order chi connectivity index (χ0) is 13.1. The SMILES string of the molecule is CNC(c1ccc(F)c(Cl)c1)c1ccccc1F. The molecule has 2 aromatic carbocycles. The van der Waals surface area contributed by atoms with E-state index in [4.69, 9.17) is 11.6 Å². The predicted octanol–water partition coefficient (Wildman–Crippen LogP) is 3.93. The normalized spacial score (nSPS) is 12.4. The van der Waals surface area contributed by atoms with Crippen molar-refractivity contribution in [3.8, 4) is 0 Å². The van der Waals surface area contributed by atoms with Gasteiger partial charge in [-0.1, -0.05) is 35.9 Å². The van der Waals surface area contributed by atoms with Crippen LogP contribution in [0.15, 0.2) is 42.5 Å². The van der Waals surface area contributed by atoms with Crippen LogP contribution in [0.3, 0.4) is 0 Å². The van der Waals surface area contributed by atoms with Gasteiger partial charge in [0.15, 0.2) is 0 Å². The number of halogens is 3. The number of nitrogens with one attached hydrogen (secondary N) is 1. The van der Waals surface area contributed by atoms with Gasteiger partial charge in [-0.05, 0) is 30.8 Å². The number of benzene rings is 2. The van der Waals surface area contributed by atoms with Gasteiger partial charge in [-0.15, -0.1) is 0 Å². The first-order chi connectivity index (χ1) is 8.63. The number of hydrogen-bond donors (Lipinski definition) is 1. The van der Waals surface area contributed by atoms with Gasteiger partial charge < -0.3 is 5.32 Å². The first-order valence-electron chi connectivity index (χ1n) is 5.50. The molecular weight excluding hydrogens is 256 g/mol. The lowest BCUT2D eigenvalue weighted by Crippen LogP contribution is -2.19. The Morgan fingerprint density at radius 1 is 1.06 bits per heavy atom. The Kier molecular flexibility index (Phi) is 3.94. The monoisotopic (exact) mass is 267 g/mol. The Hall–Kier alpha value is -1.45. The average Bonchev–Trinajstić information content (AvgIpc) is 2.37. The number of rotatable bonds is 3. The summed E-state index contributed by atoms with van der Waals surface area (Å²) in [7, 11) is 1.72. The molecular formula is C14H12ClF2N. The molecule has 0 fully saturated rings. The standard InChI is InChI=1S/C14H12ClF2N/c1-18-14(10-4-2-3-5-12(10)16)9-6-7-13(17)11(15)8-9/h2-8,14,18H,1H3. The van der Waals surface area contributed by atoms with Gasteiger partial charge >= 0.3 is 0 Å². The van der Waals surface area contributed by atoms with Crippen LogP contribution in [-0.4, -0.2) is 7.05 Å². The summed E-state index contributed by atoms with van der Waals surface area (Å²) in [5.41, 5.74) is 1.22. The molecule has 4 heteroatoms. The second kappa shape index (κ2) is 5.46. The third kappa shape index (κ3) is 2.52. The van der Waals surface area contributed by atoms with E-state index in [1.54, 1.807) is 31.3 Å². The van der Waals surface area contributed by atoms with Crippen molar-refractivity contribution in [2.45, 2.75) is 6.04 Å². The molecule has 0 aliphatic heterocycles. The third-order valence-electron chi connectivity index (χ3n) is 2.78. The summed E-state index contributed by atoms with van der Waals surface area (Å²) in [6, 6.07) is 10.5. The molecule has 0 spiro atoms. The van der Waals surface area contributed by atoms with Gasteiger partial charge in [-0.3, -0.25) is 0 Å². The van der Waals surface area contributed by atoms with Crippen molar-refractivity contribution in [3.05, 3.63) is 70.2 Å². The lowest BCUT2D eigenvalue weighted by molar-refractivity contribution is 0.575. The quantitative estimate of drug-likeness (QED) is 0.889. The van der Waals surface area contributed by atoms with Gasteiger partial charge in [0.1, 0.15) is 11.6 Å². The summed E-state index contributed by atoms with van der Waals surface area (Å²) >= 11 is 5.75. The topological polar surface area (TPSA) is 12.0 Å². The molecule has 2 rings (SSSR count). The van der Waals surface area contributed by atoms with Crippen LogP contribution in [0.5, 0.6) is 0 Å². The van der Waals surface area contributed by atoms with Crippen LogP contribution in [0.25, 0.3) is 0 Å². The molecule has 0 aliphatic rings. The van der Waals surface area contributed by atoms with E-state index in [9.17, 15) is 8.78 Å². The molecule has 0 saturated heterocycles. The van der Waals surface area contributed by atoms with Crippen molar-refractivity contribution >= 4 is 11.6 Å². The summed E-state index contributed by atoms with van der Waals surface area (Å²) < 4.78 is 26.9. The minimum absolute atomic E-state index is 0.0316. The van der Waals surface area contributed by atoms with E-state index >= 15 is 0 Å². The smallest absolute Gasteiger partial charge is 0.141 e. The molecule has 1 N–H and O–H groups in total. The van der Waals surface area contributed by atoms with Gasteiger partial charge in [0.2, 0.25) is 0 Å². The molecule has 94 valence electrons. The van der Waals surface area contributed by atoms with Crippen molar-refractivity contribution < 1.29 is 8.78 Å². The first kappa shape index (κ1) is 13.0. The fourth-order valence-electron chi connectivity index (χ4n) is 1.90. The molecule has 1 unspecified atom stereocenters. The largest absolute Gasteiger partial charge is 0.309 e. The van der Waals surface area contributed by atoms with E-state index in [1.807, 2.05) is 0 Å². The Balaban J connectivity index is 2.45. The summed E-state index contributed by atoms with van der Waals surface area (Å²) in [5, 5.41) is 3.03. The van der Waals surface area contributed by atoms with Gasteiger partial charge in [-0.2, -0.15) is 0 Å². The molecule has 0 aliphatic carbocycles. The van der Waals surface area contributed by atoms with Crippen molar-refractivity contribution in [2.75, 3.05) is 7.05 Å². The number of hydrogen-bond acceptors (Lipinski definition) is 1. The van der Waals surface area contributed by atoms with Crippen LogP contribution < -0.4 is 5.32 Å². The molecule has 0 bridgehead atoms. The molecule has 1 atom stereocenters. The second-order valence-electron chi connectivity index (χ2n) is 3.92. The second-order valence-corrected chi connectivity index (χ2v) is 4.32. The van der Waals surface area contributed by atoms with Crippen LogP contribution in [0, 0.1) is 11.6 Å². The van der Waals surface area contributed by atoms with Gasteiger partial charge in [0.05, 0.1) is 11.1 Å². The van der Waals surface area contributed by atoms with Crippen LogP contribution >= 0.6 is 11.6 Å². The third-order valence-corrected chi connectivity index (χ3v) is 3.07. The molecule has 0 heterocycles. The van der Waals surface area contributed by atoms with E-state index in [1.165, 1.54) is 18.2 Å². The highest BCUT2D eigenvalue weighted by Gasteiger charge is 2.16. The van der Waals surface area contributed by atoms with Gasteiger partial charge in [0, 0.05) is 5.56 Å². The minimum Gasteiger partial charge on any atom is -0.309 e. The molecule has 2 aromatic rings. The molecule has 0 radical (unpaired) electrons. The lowest BCUT2D eigenvalue weighted by atomic mass is 9.98. The Morgan fingerprint density at radius 2 is 1.78 bits per heavy atom. The van der Waals surface area contributed by atoms with Crippen LogP contribution in [0.2, 0.25) is 5.02 Å². The highest BCUT2D eigenvalue weighted by Crippen LogP contribution is 2.27. The zero-order valence-electron chi connectivity index (χ0n) is 9.75. The van der Waals surface area contributed by atoms with Crippen LogP contribution in [0.1, 0.15) is 17.2 Å². The Morgan fingerprint density at radius 3 is 2.39 bits per heavy atom. The summed E-state index contributed by atoms with van der Waals surface area (Å²) in [6.07, 6.45) is 0.